The van der Waals surface area contributed by atoms with Gasteiger partial charge in [-0.3, -0.25) is 4.98 Å². The molecule has 0 saturated carbocycles. The number of para-hydroxylation sites is 2. The molecule has 0 amide bonds. The molecule has 4 aromatic rings. The van der Waals surface area contributed by atoms with Crippen LogP contribution in [0, 0.1) is 0 Å². The lowest BCUT2D eigenvalue weighted by atomic mass is 10.1. The molecule has 1 atom stereocenters. The molecule has 0 saturated heterocycles. The number of aromatic nitrogens is 3. The van der Waals surface area contributed by atoms with E-state index < -0.39 is 0 Å². The van der Waals surface area contributed by atoms with Gasteiger partial charge in [-0.1, -0.05) is 47.6 Å². The third-order valence-corrected chi connectivity index (χ3v) is 4.51. The van der Waals surface area contributed by atoms with Gasteiger partial charge in [-0.2, -0.15) is 0 Å². The molecule has 1 aliphatic rings. The Hall–Kier alpha value is -3.41. The normalized spacial score (nSPS) is 15.6. The van der Waals surface area contributed by atoms with Crippen LogP contribution in [-0.4, -0.2) is 15.2 Å². The van der Waals surface area contributed by atoms with Crippen molar-refractivity contribution in [2.45, 2.75) is 19.1 Å². The van der Waals surface area contributed by atoms with Gasteiger partial charge in [0.05, 0.1) is 5.52 Å². The summed E-state index contributed by atoms with van der Waals surface area (Å²) >= 11 is 0. The predicted octanol–water partition coefficient (Wildman–Crippen LogP) is 3.91. The van der Waals surface area contributed by atoms with E-state index in [0.717, 1.165) is 34.2 Å². The molecule has 5 rings (SSSR count). The minimum absolute atomic E-state index is 0.227. The maximum atomic E-state index is 5.89. The molecule has 6 heteroatoms. The van der Waals surface area contributed by atoms with E-state index in [1.165, 1.54) is 0 Å². The van der Waals surface area contributed by atoms with E-state index >= 15 is 0 Å². The second kappa shape index (κ2) is 6.15. The quantitative estimate of drug-likeness (QED) is 0.605. The first-order chi connectivity index (χ1) is 12.9. The van der Waals surface area contributed by atoms with Gasteiger partial charge < -0.3 is 14.5 Å². The van der Waals surface area contributed by atoms with Gasteiger partial charge >= 0.3 is 6.01 Å². The van der Waals surface area contributed by atoms with Crippen molar-refractivity contribution >= 4 is 16.9 Å². The highest BCUT2D eigenvalue weighted by Gasteiger charge is 2.28. The van der Waals surface area contributed by atoms with Crippen molar-refractivity contribution < 1.29 is 9.15 Å². The average molecular weight is 344 g/mol. The minimum Gasteiger partial charge on any atom is -0.480 e. The van der Waals surface area contributed by atoms with Crippen LogP contribution >= 0.6 is 0 Å². The molecule has 0 spiro atoms. The molecule has 1 unspecified atom stereocenters. The van der Waals surface area contributed by atoms with Crippen LogP contribution < -0.4 is 10.1 Å². The highest BCUT2D eigenvalue weighted by Crippen LogP contribution is 2.36. The Morgan fingerprint density at radius 2 is 1.92 bits per heavy atom. The lowest BCUT2D eigenvalue weighted by Gasteiger charge is -2.06. The van der Waals surface area contributed by atoms with Gasteiger partial charge in [-0.15, -0.1) is 5.10 Å². The molecule has 6 nitrogen and oxygen atoms in total. The van der Waals surface area contributed by atoms with Gasteiger partial charge in [0.2, 0.25) is 0 Å². The number of hydrogen-bond donors (Lipinski definition) is 1. The van der Waals surface area contributed by atoms with E-state index in [0.29, 0.717) is 18.5 Å². The van der Waals surface area contributed by atoms with Gasteiger partial charge in [-0.25, -0.2) is 0 Å². The van der Waals surface area contributed by atoms with Crippen LogP contribution in [0.5, 0.6) is 5.75 Å². The zero-order valence-corrected chi connectivity index (χ0v) is 13.9. The highest BCUT2D eigenvalue weighted by atomic mass is 16.5. The maximum Gasteiger partial charge on any atom is 0.315 e. The number of nitrogens with one attached hydrogen (secondary N) is 1. The second-order valence-corrected chi connectivity index (χ2v) is 6.21. The summed E-state index contributed by atoms with van der Waals surface area (Å²) in [6, 6.07) is 18.4. The number of pyridine rings is 1. The van der Waals surface area contributed by atoms with Crippen LogP contribution in [0.2, 0.25) is 0 Å². The van der Waals surface area contributed by atoms with Crippen molar-refractivity contribution in [3.63, 3.8) is 0 Å². The Labute approximate surface area is 149 Å². The monoisotopic (exact) mass is 344 g/mol. The standard InChI is InChI=1S/C20H16N4O2/c1-2-9-16-14(5-1)11-17(25-16)19-23-24-20(26-19)22-12-15-7-3-6-13-8-4-10-21-18(13)15/h1-10,17H,11-12H2,(H,22,24). The largest absolute Gasteiger partial charge is 0.480 e. The van der Waals surface area contributed by atoms with Crippen LogP contribution in [-0.2, 0) is 13.0 Å². The van der Waals surface area contributed by atoms with Crippen molar-refractivity contribution in [1.29, 1.82) is 0 Å². The SMILES string of the molecule is c1ccc2c(c1)CC(c1nnc(NCc3cccc4cccnc34)o1)O2. The number of ether oxygens (including phenoxy) is 1. The molecule has 1 N–H and O–H groups in total. The Bertz CT molecular complexity index is 1050. The van der Waals surface area contributed by atoms with Crippen molar-refractivity contribution in [2.24, 2.45) is 0 Å². The predicted molar refractivity (Wildman–Crippen MR) is 96.9 cm³/mol. The van der Waals surface area contributed by atoms with Gasteiger partial charge in [0.1, 0.15) is 5.75 Å². The highest BCUT2D eigenvalue weighted by molar-refractivity contribution is 5.81. The van der Waals surface area contributed by atoms with Crippen LogP contribution in [0.4, 0.5) is 6.01 Å². The summed E-state index contributed by atoms with van der Waals surface area (Å²) in [5.41, 5.74) is 3.20. The summed E-state index contributed by atoms with van der Waals surface area (Å²) in [4.78, 5) is 4.46. The van der Waals surface area contributed by atoms with Crippen molar-refractivity contribution in [3.8, 4) is 5.75 Å². The van der Waals surface area contributed by atoms with Crippen LogP contribution in [0.15, 0.2) is 65.2 Å². The number of anilines is 1. The fourth-order valence-corrected chi connectivity index (χ4v) is 3.24. The first-order valence-corrected chi connectivity index (χ1v) is 8.51. The fraction of sp³-hybridized carbons (Fsp3) is 0.150. The molecule has 3 heterocycles. The van der Waals surface area contributed by atoms with Gasteiger partial charge in [0.25, 0.3) is 5.89 Å². The molecule has 2 aromatic carbocycles. The average Bonchev–Trinajstić information content (AvgIpc) is 3.33. The molecule has 0 bridgehead atoms. The summed E-state index contributed by atoms with van der Waals surface area (Å²) in [5, 5.41) is 12.5. The first-order valence-electron chi connectivity index (χ1n) is 8.51. The topological polar surface area (TPSA) is 73.1 Å². The smallest absolute Gasteiger partial charge is 0.315 e. The van der Waals surface area contributed by atoms with Crippen LogP contribution in [0.3, 0.4) is 0 Å². The van der Waals surface area contributed by atoms with Crippen molar-refractivity contribution in [1.82, 2.24) is 15.2 Å². The van der Waals surface area contributed by atoms with E-state index in [1.54, 1.807) is 6.20 Å². The molecule has 0 aliphatic carbocycles. The lowest BCUT2D eigenvalue weighted by molar-refractivity contribution is 0.199. The number of fused-ring (bicyclic) bond motifs is 2. The zero-order chi connectivity index (χ0) is 17.3. The molecule has 2 aromatic heterocycles. The number of benzene rings is 2. The number of hydrogen-bond acceptors (Lipinski definition) is 6. The molecule has 26 heavy (non-hydrogen) atoms. The van der Waals surface area contributed by atoms with E-state index in [1.807, 2.05) is 48.5 Å². The van der Waals surface area contributed by atoms with E-state index in [2.05, 4.69) is 26.6 Å². The maximum absolute atomic E-state index is 5.89. The Kier molecular flexibility index (Phi) is 3.52. The number of rotatable bonds is 4. The van der Waals surface area contributed by atoms with E-state index in [9.17, 15) is 0 Å². The minimum atomic E-state index is -0.227. The molecule has 0 radical (unpaired) electrons. The van der Waals surface area contributed by atoms with E-state index in [4.69, 9.17) is 9.15 Å². The first kappa shape index (κ1) is 14.9. The van der Waals surface area contributed by atoms with E-state index in [-0.39, 0.29) is 6.10 Å². The third-order valence-electron chi connectivity index (χ3n) is 4.51. The van der Waals surface area contributed by atoms with Crippen LogP contribution in [0.25, 0.3) is 10.9 Å². The van der Waals surface area contributed by atoms with Gasteiger partial charge in [0, 0.05) is 24.5 Å². The van der Waals surface area contributed by atoms with Gasteiger partial charge in [-0.05, 0) is 23.3 Å². The molecule has 1 aliphatic heterocycles. The Morgan fingerprint density at radius 3 is 2.88 bits per heavy atom. The second-order valence-electron chi connectivity index (χ2n) is 6.21. The number of nitrogens with zero attached hydrogens (tertiary/aromatic N) is 3. The summed E-state index contributed by atoms with van der Waals surface area (Å²) in [7, 11) is 0. The molecule has 128 valence electrons. The summed E-state index contributed by atoms with van der Waals surface area (Å²) in [6.45, 7) is 0.557. The third kappa shape index (κ3) is 2.65. The molecular formula is C20H16N4O2. The van der Waals surface area contributed by atoms with Crippen molar-refractivity contribution in [3.05, 3.63) is 77.8 Å². The van der Waals surface area contributed by atoms with Crippen molar-refractivity contribution in [2.75, 3.05) is 5.32 Å². The zero-order valence-electron chi connectivity index (χ0n) is 13.9. The summed E-state index contributed by atoms with van der Waals surface area (Å²) in [5.74, 6) is 1.37. The molecule has 0 fully saturated rings. The summed E-state index contributed by atoms with van der Waals surface area (Å²) in [6.07, 6.45) is 2.31. The molecular weight excluding hydrogens is 328 g/mol. The lowest BCUT2D eigenvalue weighted by Crippen LogP contribution is -2.03. The Morgan fingerprint density at radius 1 is 1.00 bits per heavy atom. The fourth-order valence-electron chi connectivity index (χ4n) is 3.24. The van der Waals surface area contributed by atoms with Gasteiger partial charge in [0.15, 0.2) is 6.10 Å². The van der Waals surface area contributed by atoms with Crippen LogP contribution in [0.1, 0.15) is 23.1 Å². The summed E-state index contributed by atoms with van der Waals surface area (Å²) < 4.78 is 11.6. The Balaban J connectivity index is 1.31.